The Morgan fingerprint density at radius 1 is 0.390 bits per heavy atom. The Balaban J connectivity index is 0.00000302. The van der Waals surface area contributed by atoms with Gasteiger partial charge in [0.1, 0.15) is 0 Å². The molecule has 6 aromatic carbocycles. The zero-order chi connectivity index (χ0) is 26.7. The second-order valence-corrected chi connectivity index (χ2v) is 10.1. The van der Waals surface area contributed by atoms with Crippen LogP contribution in [0, 0.1) is 12.1 Å². The fourth-order valence-electron chi connectivity index (χ4n) is 5.59. The fourth-order valence-corrected chi connectivity index (χ4v) is 5.59. The average Bonchev–Trinajstić information content (AvgIpc) is 3.03. The van der Waals surface area contributed by atoms with Gasteiger partial charge in [-0.15, -0.1) is 70.8 Å². The largest absolute Gasteiger partial charge is 4.00 e. The Morgan fingerprint density at radius 2 is 0.780 bits per heavy atom. The van der Waals surface area contributed by atoms with Gasteiger partial charge in [0.15, 0.2) is 0 Å². The van der Waals surface area contributed by atoms with Gasteiger partial charge in [-0.1, -0.05) is 83.9 Å². The zero-order valence-electron chi connectivity index (χ0n) is 22.5. The number of hydrogen-bond donors (Lipinski definition) is 0. The van der Waals surface area contributed by atoms with E-state index >= 15 is 0 Å². The quantitative estimate of drug-likeness (QED) is 0.166. The van der Waals surface area contributed by atoms with Gasteiger partial charge in [-0.3, -0.25) is 0 Å². The molecule has 1 aliphatic rings. The summed E-state index contributed by atoms with van der Waals surface area (Å²) in [5, 5.41) is 0. The van der Waals surface area contributed by atoms with E-state index in [1.54, 1.807) is 0 Å². The van der Waals surface area contributed by atoms with Crippen LogP contribution in [0.5, 0.6) is 0 Å². The van der Waals surface area contributed by atoms with Crippen molar-refractivity contribution in [3.63, 3.8) is 0 Å². The van der Waals surface area contributed by atoms with Crippen molar-refractivity contribution in [3.05, 3.63) is 169 Å². The Bertz CT molecular complexity index is 1630. The van der Waals surface area contributed by atoms with Crippen molar-refractivity contribution in [2.24, 2.45) is 0 Å². The summed E-state index contributed by atoms with van der Waals surface area (Å²) in [6, 6.07) is 59.1. The van der Waals surface area contributed by atoms with Crippen molar-refractivity contribution in [1.82, 2.24) is 0 Å². The van der Waals surface area contributed by atoms with Crippen molar-refractivity contribution in [2.75, 3.05) is 9.80 Å². The number of anilines is 4. The smallest absolute Gasteiger partial charge is 0.346 e. The minimum atomic E-state index is 0. The number of rotatable bonds is 2. The molecule has 198 valence electrons. The van der Waals surface area contributed by atoms with E-state index in [-0.39, 0.29) is 21.1 Å². The molecule has 1 heterocycles. The molecule has 0 amide bonds. The molecule has 0 radical (unpaired) electrons. The summed E-state index contributed by atoms with van der Waals surface area (Å²) in [5.41, 5.74) is 11.4. The summed E-state index contributed by atoms with van der Waals surface area (Å²) in [7, 11) is 0. The third-order valence-corrected chi connectivity index (χ3v) is 7.47. The molecule has 0 aliphatic carbocycles. The Kier molecular flexibility index (Phi) is 7.85. The third kappa shape index (κ3) is 5.49. The van der Waals surface area contributed by atoms with Gasteiger partial charge in [0.05, 0.1) is 0 Å². The van der Waals surface area contributed by atoms with Crippen molar-refractivity contribution in [3.8, 4) is 22.3 Å². The maximum atomic E-state index is 3.79. The Morgan fingerprint density at radius 3 is 1.22 bits per heavy atom. The predicted molar refractivity (Wildman–Crippen MR) is 166 cm³/mol. The van der Waals surface area contributed by atoms with E-state index in [0.29, 0.717) is 13.1 Å². The van der Waals surface area contributed by atoms with E-state index in [1.807, 2.05) is 0 Å². The first-order valence-corrected chi connectivity index (χ1v) is 13.7. The second kappa shape index (κ2) is 12.0. The third-order valence-electron chi connectivity index (χ3n) is 7.47. The summed E-state index contributed by atoms with van der Waals surface area (Å²) in [6.07, 6.45) is 0. The molecule has 0 unspecified atom stereocenters. The molecule has 0 aromatic heterocycles. The van der Waals surface area contributed by atoms with Crippen LogP contribution in [0.1, 0.15) is 11.1 Å². The molecule has 7 rings (SSSR count). The standard InChI is InChI=1S/C38H28N2.Pt/c1-3-17-33(18-4-1)39-27-29-13-11-16-32(25-29)36-22-8-10-24-38(36)40(34-19-5-2-6-20-34)28-30-14-12-15-31(26-30)35-21-7-9-23-37(35)39;/h1-24H,27-28H2;/q-2;+4. The van der Waals surface area contributed by atoms with Crippen molar-refractivity contribution >= 4 is 22.7 Å². The van der Waals surface area contributed by atoms with Crippen LogP contribution in [0.2, 0.25) is 0 Å². The first-order valence-electron chi connectivity index (χ1n) is 13.7. The molecule has 2 nitrogen and oxygen atoms in total. The number of hydrogen-bond acceptors (Lipinski definition) is 2. The second-order valence-electron chi connectivity index (χ2n) is 10.1. The van der Waals surface area contributed by atoms with E-state index in [4.69, 9.17) is 0 Å². The van der Waals surface area contributed by atoms with Gasteiger partial charge in [-0.05, 0) is 36.4 Å². The molecular weight excluding hydrogens is 680 g/mol. The Hall–Kier alpha value is -4.39. The number of benzene rings is 6. The molecule has 0 spiro atoms. The molecule has 3 heteroatoms. The van der Waals surface area contributed by atoms with E-state index < -0.39 is 0 Å². The summed E-state index contributed by atoms with van der Waals surface area (Å²) < 4.78 is 0. The molecule has 41 heavy (non-hydrogen) atoms. The summed E-state index contributed by atoms with van der Waals surface area (Å²) in [4.78, 5) is 4.78. The molecule has 0 saturated heterocycles. The molecule has 0 fully saturated rings. The SMILES string of the molecule is [Pt+4].[c-]1c2cccc1-c1ccccc1N(c1ccccc1)Cc1[c-]c(ccc1)-c1ccccc1N(c1ccccc1)C2. The molecule has 6 aromatic rings. The molecule has 4 bridgehead atoms. The molecule has 1 aliphatic heterocycles. The van der Waals surface area contributed by atoms with Gasteiger partial charge in [0.2, 0.25) is 0 Å². The summed E-state index contributed by atoms with van der Waals surface area (Å²) in [5.74, 6) is 0. The van der Waals surface area contributed by atoms with Crippen molar-refractivity contribution < 1.29 is 21.1 Å². The van der Waals surface area contributed by atoms with Crippen LogP contribution in [0.3, 0.4) is 0 Å². The van der Waals surface area contributed by atoms with Gasteiger partial charge >= 0.3 is 21.1 Å². The molecule has 0 saturated carbocycles. The van der Waals surface area contributed by atoms with Gasteiger partial charge in [0, 0.05) is 35.8 Å². The predicted octanol–water partition coefficient (Wildman–Crippen LogP) is 9.61. The van der Waals surface area contributed by atoms with E-state index in [9.17, 15) is 0 Å². The molecule has 0 atom stereocenters. The maximum absolute atomic E-state index is 3.79. The number of para-hydroxylation sites is 4. The monoisotopic (exact) mass is 707 g/mol. The van der Waals surface area contributed by atoms with Crippen LogP contribution in [0.25, 0.3) is 22.3 Å². The molecule has 0 N–H and O–H groups in total. The van der Waals surface area contributed by atoms with Crippen LogP contribution < -0.4 is 9.80 Å². The first kappa shape index (κ1) is 26.8. The normalized spacial score (nSPS) is 12.4. The van der Waals surface area contributed by atoms with Gasteiger partial charge < -0.3 is 9.80 Å². The fraction of sp³-hybridized carbons (Fsp3) is 0.0526. The van der Waals surface area contributed by atoms with Crippen molar-refractivity contribution in [1.29, 1.82) is 0 Å². The maximum Gasteiger partial charge on any atom is 4.00 e. The van der Waals surface area contributed by atoms with Gasteiger partial charge in [-0.2, -0.15) is 0 Å². The number of nitrogens with zero attached hydrogens (tertiary/aromatic N) is 2. The van der Waals surface area contributed by atoms with Crippen LogP contribution in [-0.4, -0.2) is 0 Å². The summed E-state index contributed by atoms with van der Waals surface area (Å²) in [6.45, 7) is 1.39. The zero-order valence-corrected chi connectivity index (χ0v) is 24.8. The molecular formula is C38H28N2Pt+2. The number of fused-ring (bicyclic) bond motifs is 8. The van der Waals surface area contributed by atoms with E-state index in [2.05, 4.69) is 168 Å². The van der Waals surface area contributed by atoms with Crippen LogP contribution in [0.4, 0.5) is 22.7 Å². The minimum absolute atomic E-state index is 0. The van der Waals surface area contributed by atoms with Crippen molar-refractivity contribution in [2.45, 2.75) is 13.1 Å². The van der Waals surface area contributed by atoms with E-state index in [1.165, 1.54) is 0 Å². The Labute approximate surface area is 256 Å². The van der Waals surface area contributed by atoms with Crippen LogP contribution in [0.15, 0.2) is 146 Å². The van der Waals surface area contributed by atoms with Crippen LogP contribution >= 0.6 is 0 Å². The van der Waals surface area contributed by atoms with Gasteiger partial charge in [0.25, 0.3) is 0 Å². The average molecular weight is 708 g/mol. The minimum Gasteiger partial charge on any atom is -0.346 e. The topological polar surface area (TPSA) is 6.48 Å². The van der Waals surface area contributed by atoms with Crippen LogP contribution in [-0.2, 0) is 34.2 Å². The van der Waals surface area contributed by atoms with Gasteiger partial charge in [-0.25, -0.2) is 0 Å². The summed E-state index contributed by atoms with van der Waals surface area (Å²) >= 11 is 0. The first-order chi connectivity index (χ1) is 19.8. The van der Waals surface area contributed by atoms with E-state index in [0.717, 1.165) is 56.1 Å².